The summed E-state index contributed by atoms with van der Waals surface area (Å²) in [7, 11) is 0. The minimum atomic E-state index is 0.891. The minimum Gasteiger partial charge on any atom is -0.456 e. The maximum atomic E-state index is 6.23. The van der Waals surface area contributed by atoms with Crippen molar-refractivity contribution in [2.75, 3.05) is 4.90 Å². The predicted molar refractivity (Wildman–Crippen MR) is 167 cm³/mol. The van der Waals surface area contributed by atoms with Gasteiger partial charge in [-0.15, -0.1) is 11.3 Å². The highest BCUT2D eigenvalue weighted by molar-refractivity contribution is 7.25. The van der Waals surface area contributed by atoms with Gasteiger partial charge >= 0.3 is 0 Å². The van der Waals surface area contributed by atoms with Crippen molar-refractivity contribution in [2.45, 2.75) is 0 Å². The van der Waals surface area contributed by atoms with Crippen LogP contribution in [0.2, 0.25) is 0 Å². The average molecular weight is 518 g/mol. The molecule has 0 radical (unpaired) electrons. The van der Waals surface area contributed by atoms with E-state index in [-0.39, 0.29) is 0 Å². The third-order valence-corrected chi connectivity index (χ3v) is 8.62. The summed E-state index contributed by atoms with van der Waals surface area (Å²) in [5.41, 5.74) is 7.50. The number of hydrogen-bond acceptors (Lipinski definition) is 3. The van der Waals surface area contributed by atoms with Gasteiger partial charge in [0, 0.05) is 54.1 Å². The molecule has 3 heteroatoms. The molecule has 2 heterocycles. The normalized spacial score (nSPS) is 11.6. The number of benzene rings is 6. The van der Waals surface area contributed by atoms with Crippen LogP contribution in [-0.2, 0) is 0 Å². The first-order valence-corrected chi connectivity index (χ1v) is 13.9. The fourth-order valence-corrected chi connectivity index (χ4v) is 6.67. The Labute approximate surface area is 230 Å². The second-order valence-electron chi connectivity index (χ2n) is 9.81. The standard InChI is InChI=1S/C36H23NOS/c1-2-8-26(9-3-1)37(28-19-20-30-29-10-4-6-12-33(29)38-34(30)23-28)27-17-14-24(15-18-27)25-16-21-36-32(22-25)31-11-5-7-13-35(31)39-36/h1-23H. The number of fused-ring (bicyclic) bond motifs is 6. The van der Waals surface area contributed by atoms with Gasteiger partial charge in [-0.3, -0.25) is 0 Å². The van der Waals surface area contributed by atoms with Crippen LogP contribution in [0.25, 0.3) is 53.2 Å². The quantitative estimate of drug-likeness (QED) is 0.231. The summed E-state index contributed by atoms with van der Waals surface area (Å²) < 4.78 is 8.89. The Bertz CT molecular complexity index is 2120. The molecule has 0 unspecified atom stereocenters. The van der Waals surface area contributed by atoms with Gasteiger partial charge in [0.1, 0.15) is 11.2 Å². The van der Waals surface area contributed by atoms with Crippen LogP contribution in [0.3, 0.4) is 0 Å². The van der Waals surface area contributed by atoms with Crippen molar-refractivity contribution in [3.8, 4) is 11.1 Å². The van der Waals surface area contributed by atoms with Crippen LogP contribution < -0.4 is 4.90 Å². The third-order valence-electron chi connectivity index (χ3n) is 7.47. The van der Waals surface area contributed by atoms with E-state index in [0.29, 0.717) is 0 Å². The molecule has 0 saturated carbocycles. The van der Waals surface area contributed by atoms with Gasteiger partial charge in [-0.1, -0.05) is 72.8 Å². The molecule has 2 aromatic heterocycles. The molecular weight excluding hydrogens is 494 g/mol. The lowest BCUT2D eigenvalue weighted by Crippen LogP contribution is -2.09. The van der Waals surface area contributed by atoms with Crippen molar-refractivity contribution in [3.63, 3.8) is 0 Å². The second kappa shape index (κ2) is 8.87. The molecule has 0 atom stereocenters. The van der Waals surface area contributed by atoms with E-state index in [1.165, 1.54) is 31.3 Å². The summed E-state index contributed by atoms with van der Waals surface area (Å²) in [6.07, 6.45) is 0. The van der Waals surface area contributed by atoms with Gasteiger partial charge < -0.3 is 9.32 Å². The zero-order valence-corrected chi connectivity index (χ0v) is 21.9. The first-order chi connectivity index (χ1) is 19.3. The van der Waals surface area contributed by atoms with E-state index >= 15 is 0 Å². The highest BCUT2D eigenvalue weighted by atomic mass is 32.1. The lowest BCUT2D eigenvalue weighted by molar-refractivity contribution is 0.669. The van der Waals surface area contributed by atoms with E-state index in [4.69, 9.17) is 4.42 Å². The molecule has 0 aliphatic heterocycles. The van der Waals surface area contributed by atoms with Gasteiger partial charge in [-0.05, 0) is 71.8 Å². The molecule has 0 spiro atoms. The molecule has 39 heavy (non-hydrogen) atoms. The Morgan fingerprint density at radius 3 is 1.92 bits per heavy atom. The van der Waals surface area contributed by atoms with E-state index in [1.807, 2.05) is 23.5 Å². The topological polar surface area (TPSA) is 16.4 Å². The van der Waals surface area contributed by atoms with E-state index in [9.17, 15) is 0 Å². The van der Waals surface area contributed by atoms with Crippen LogP contribution in [0, 0.1) is 0 Å². The number of anilines is 3. The smallest absolute Gasteiger partial charge is 0.137 e. The zero-order chi connectivity index (χ0) is 25.8. The van der Waals surface area contributed by atoms with Gasteiger partial charge in [-0.25, -0.2) is 0 Å². The highest BCUT2D eigenvalue weighted by Crippen LogP contribution is 2.40. The maximum Gasteiger partial charge on any atom is 0.137 e. The summed E-state index contributed by atoms with van der Waals surface area (Å²) >= 11 is 1.85. The average Bonchev–Trinajstić information content (AvgIpc) is 3.56. The molecule has 6 aromatic carbocycles. The number of para-hydroxylation sites is 2. The van der Waals surface area contributed by atoms with Gasteiger partial charge in [-0.2, -0.15) is 0 Å². The SMILES string of the molecule is c1ccc(N(c2ccc(-c3ccc4sc5ccccc5c4c3)cc2)c2ccc3c(c2)oc2ccccc23)cc1. The van der Waals surface area contributed by atoms with Crippen LogP contribution >= 0.6 is 11.3 Å². The van der Waals surface area contributed by atoms with Gasteiger partial charge in [0.05, 0.1) is 0 Å². The summed E-state index contributed by atoms with van der Waals surface area (Å²) in [5.74, 6) is 0. The molecular formula is C36H23NOS. The lowest BCUT2D eigenvalue weighted by atomic mass is 10.0. The molecule has 0 fully saturated rings. The molecule has 8 rings (SSSR count). The molecule has 0 amide bonds. The third kappa shape index (κ3) is 3.70. The molecule has 184 valence electrons. The summed E-state index contributed by atoms with van der Waals surface area (Å²) in [4.78, 5) is 2.28. The summed E-state index contributed by atoms with van der Waals surface area (Å²) in [5, 5.41) is 4.92. The second-order valence-corrected chi connectivity index (χ2v) is 10.9. The zero-order valence-electron chi connectivity index (χ0n) is 21.0. The first kappa shape index (κ1) is 22.2. The summed E-state index contributed by atoms with van der Waals surface area (Å²) in [6.45, 7) is 0. The predicted octanol–water partition coefficient (Wildman–Crippen LogP) is 11.1. The molecule has 0 bridgehead atoms. The number of rotatable bonds is 4. The minimum absolute atomic E-state index is 0.891. The van der Waals surface area contributed by atoms with Crippen molar-refractivity contribution < 1.29 is 4.42 Å². The van der Waals surface area contributed by atoms with E-state index in [2.05, 4.69) is 132 Å². The number of hydrogen-bond donors (Lipinski definition) is 0. The van der Waals surface area contributed by atoms with Crippen molar-refractivity contribution in [3.05, 3.63) is 140 Å². The fraction of sp³-hybridized carbons (Fsp3) is 0. The van der Waals surface area contributed by atoms with Gasteiger partial charge in [0.15, 0.2) is 0 Å². The van der Waals surface area contributed by atoms with E-state index in [0.717, 1.165) is 39.0 Å². The Balaban J connectivity index is 1.22. The largest absolute Gasteiger partial charge is 0.456 e. The Morgan fingerprint density at radius 2 is 1.05 bits per heavy atom. The Morgan fingerprint density at radius 1 is 0.410 bits per heavy atom. The van der Waals surface area contributed by atoms with Crippen molar-refractivity contribution in [1.82, 2.24) is 0 Å². The molecule has 0 saturated heterocycles. The lowest BCUT2D eigenvalue weighted by Gasteiger charge is -2.25. The maximum absolute atomic E-state index is 6.23. The number of nitrogens with zero attached hydrogens (tertiary/aromatic N) is 1. The molecule has 0 aliphatic carbocycles. The monoisotopic (exact) mass is 517 g/mol. The number of furan rings is 1. The van der Waals surface area contributed by atoms with Crippen molar-refractivity contribution >= 4 is 70.5 Å². The Kier molecular flexibility index (Phi) is 5.04. The van der Waals surface area contributed by atoms with Gasteiger partial charge in [0.25, 0.3) is 0 Å². The van der Waals surface area contributed by atoms with E-state index < -0.39 is 0 Å². The Hall–Kier alpha value is -4.86. The van der Waals surface area contributed by atoms with Crippen LogP contribution in [0.15, 0.2) is 144 Å². The van der Waals surface area contributed by atoms with Crippen molar-refractivity contribution in [2.24, 2.45) is 0 Å². The number of thiophene rings is 1. The van der Waals surface area contributed by atoms with E-state index in [1.54, 1.807) is 0 Å². The summed E-state index contributed by atoms with van der Waals surface area (Å²) in [6, 6.07) is 49.5. The first-order valence-electron chi connectivity index (χ1n) is 13.1. The molecule has 2 nitrogen and oxygen atoms in total. The van der Waals surface area contributed by atoms with Crippen LogP contribution in [0.1, 0.15) is 0 Å². The van der Waals surface area contributed by atoms with Crippen LogP contribution in [-0.4, -0.2) is 0 Å². The highest BCUT2D eigenvalue weighted by Gasteiger charge is 2.15. The van der Waals surface area contributed by atoms with Crippen LogP contribution in [0.4, 0.5) is 17.1 Å². The molecule has 0 aliphatic rings. The molecule has 0 N–H and O–H groups in total. The van der Waals surface area contributed by atoms with Crippen molar-refractivity contribution in [1.29, 1.82) is 0 Å². The van der Waals surface area contributed by atoms with Crippen LogP contribution in [0.5, 0.6) is 0 Å². The molecule has 8 aromatic rings. The fourth-order valence-electron chi connectivity index (χ4n) is 5.59. The van der Waals surface area contributed by atoms with Gasteiger partial charge in [0.2, 0.25) is 0 Å².